The molecule has 0 aliphatic heterocycles. The van der Waals surface area contributed by atoms with Crippen LogP contribution in [0.4, 0.5) is 0 Å². The van der Waals surface area contributed by atoms with E-state index in [0.717, 1.165) is 11.1 Å². The van der Waals surface area contributed by atoms with E-state index in [1.165, 1.54) is 11.6 Å². The van der Waals surface area contributed by atoms with E-state index in [0.29, 0.717) is 5.70 Å². The molecule has 1 aromatic rings. The summed E-state index contributed by atoms with van der Waals surface area (Å²) in [7, 11) is 0. The molecule has 13 heavy (non-hydrogen) atoms. The third-order valence-corrected chi connectivity index (χ3v) is 2.14. The predicted octanol–water partition coefficient (Wildman–Crippen LogP) is 2.13. The fourth-order valence-electron chi connectivity index (χ4n) is 1.21. The van der Waals surface area contributed by atoms with Gasteiger partial charge in [-0.3, -0.25) is 0 Å². The van der Waals surface area contributed by atoms with E-state index in [2.05, 4.69) is 0 Å². The lowest BCUT2D eigenvalue weighted by Gasteiger charge is -2.07. The molecule has 1 aromatic carbocycles. The molecule has 0 spiro atoms. The lowest BCUT2D eigenvalue weighted by molar-refractivity contribution is 1.30. The Kier molecular flexibility index (Phi) is 2.71. The van der Waals surface area contributed by atoms with Gasteiger partial charge in [0.2, 0.25) is 0 Å². The first-order valence-corrected chi connectivity index (χ1v) is 4.08. The van der Waals surface area contributed by atoms with Crippen molar-refractivity contribution >= 4 is 5.70 Å². The molecule has 0 unspecified atom stereocenters. The molecule has 2 heteroatoms. The zero-order valence-electron chi connectivity index (χ0n) is 7.83. The van der Waals surface area contributed by atoms with Crippen LogP contribution in [0.15, 0.2) is 24.3 Å². The van der Waals surface area contributed by atoms with E-state index < -0.39 is 0 Å². The van der Waals surface area contributed by atoms with Crippen LogP contribution in [0.2, 0.25) is 0 Å². The van der Waals surface area contributed by atoms with Crippen molar-refractivity contribution in [3.8, 4) is 6.07 Å². The number of nitrogens with zero attached hydrogens (tertiary/aromatic N) is 1. The van der Waals surface area contributed by atoms with Gasteiger partial charge in [-0.05, 0) is 25.0 Å². The molecule has 1 rings (SSSR count). The highest BCUT2D eigenvalue weighted by Gasteiger charge is 2.01. The van der Waals surface area contributed by atoms with Crippen molar-refractivity contribution in [1.82, 2.24) is 0 Å². The highest BCUT2D eigenvalue weighted by Crippen LogP contribution is 2.17. The van der Waals surface area contributed by atoms with Crippen molar-refractivity contribution in [1.29, 1.82) is 5.26 Å². The molecule has 0 bridgehead atoms. The summed E-state index contributed by atoms with van der Waals surface area (Å²) in [5, 5.41) is 8.45. The van der Waals surface area contributed by atoms with Gasteiger partial charge in [-0.25, -0.2) is 0 Å². The Bertz CT molecular complexity index is 384. The van der Waals surface area contributed by atoms with Gasteiger partial charge in [0.15, 0.2) is 0 Å². The summed E-state index contributed by atoms with van der Waals surface area (Å²) in [5.74, 6) is 0. The Morgan fingerprint density at radius 3 is 2.77 bits per heavy atom. The number of aryl methyl sites for hydroxylation is 1. The lowest BCUT2D eigenvalue weighted by Crippen LogP contribution is -1.99. The number of rotatable bonds is 1. The van der Waals surface area contributed by atoms with Crippen molar-refractivity contribution in [2.24, 2.45) is 5.73 Å². The van der Waals surface area contributed by atoms with Crippen molar-refractivity contribution in [3.63, 3.8) is 0 Å². The number of hydrogen-bond acceptors (Lipinski definition) is 2. The maximum absolute atomic E-state index is 8.45. The Labute approximate surface area is 78.3 Å². The summed E-state index contributed by atoms with van der Waals surface area (Å²) < 4.78 is 0. The number of nitriles is 1. The highest BCUT2D eigenvalue weighted by molar-refractivity contribution is 5.68. The van der Waals surface area contributed by atoms with Crippen LogP contribution in [-0.4, -0.2) is 0 Å². The summed E-state index contributed by atoms with van der Waals surface area (Å²) in [5.41, 5.74) is 9.51. The monoisotopic (exact) mass is 172 g/mol. The van der Waals surface area contributed by atoms with Crippen molar-refractivity contribution in [2.75, 3.05) is 0 Å². The van der Waals surface area contributed by atoms with Crippen LogP contribution in [0.3, 0.4) is 0 Å². The summed E-state index contributed by atoms with van der Waals surface area (Å²) in [6.45, 7) is 4.03. The number of allylic oxidation sites excluding steroid dienone is 1. The van der Waals surface area contributed by atoms with Crippen LogP contribution < -0.4 is 5.73 Å². The van der Waals surface area contributed by atoms with Gasteiger partial charge in [0.05, 0.1) is 6.07 Å². The van der Waals surface area contributed by atoms with Crippen molar-refractivity contribution < 1.29 is 0 Å². The molecule has 0 aliphatic carbocycles. The smallest absolute Gasteiger partial charge is 0.0933 e. The molecule has 0 amide bonds. The molecule has 0 saturated carbocycles. The molecular formula is C11H12N2. The fraction of sp³-hybridized carbons (Fsp3) is 0.182. The largest absolute Gasteiger partial charge is 0.398 e. The maximum Gasteiger partial charge on any atom is 0.0933 e. The van der Waals surface area contributed by atoms with Gasteiger partial charge >= 0.3 is 0 Å². The highest BCUT2D eigenvalue weighted by atomic mass is 14.6. The van der Waals surface area contributed by atoms with E-state index >= 15 is 0 Å². The normalized spacial score (nSPS) is 11.0. The van der Waals surface area contributed by atoms with Gasteiger partial charge in [-0.2, -0.15) is 5.26 Å². The summed E-state index contributed by atoms with van der Waals surface area (Å²) >= 11 is 0. The van der Waals surface area contributed by atoms with Crippen molar-refractivity contribution in [2.45, 2.75) is 13.8 Å². The molecular weight excluding hydrogens is 160 g/mol. The van der Waals surface area contributed by atoms with E-state index in [-0.39, 0.29) is 0 Å². The number of nitrogens with two attached hydrogens (primary N) is 1. The van der Waals surface area contributed by atoms with Gasteiger partial charge < -0.3 is 5.73 Å². The molecule has 0 heterocycles. The summed E-state index contributed by atoms with van der Waals surface area (Å²) in [6, 6.07) is 7.81. The fourth-order valence-corrected chi connectivity index (χ4v) is 1.21. The molecule has 0 radical (unpaired) electrons. The first-order chi connectivity index (χ1) is 6.16. The van der Waals surface area contributed by atoms with Gasteiger partial charge in [-0.1, -0.05) is 18.2 Å². The van der Waals surface area contributed by atoms with Gasteiger partial charge in [0.1, 0.15) is 0 Å². The van der Waals surface area contributed by atoms with Gasteiger partial charge in [0.25, 0.3) is 0 Å². The quantitative estimate of drug-likeness (QED) is 0.660. The third kappa shape index (κ3) is 1.88. The molecule has 0 saturated heterocycles. The van der Waals surface area contributed by atoms with Crippen LogP contribution in [-0.2, 0) is 0 Å². The molecule has 0 fully saturated rings. The second-order valence-electron chi connectivity index (χ2n) is 2.98. The Balaban J connectivity index is 3.25. The minimum absolute atomic E-state index is 0.531. The average molecular weight is 172 g/mol. The molecule has 0 aromatic heterocycles. The van der Waals surface area contributed by atoms with Crippen LogP contribution in [0, 0.1) is 25.2 Å². The minimum atomic E-state index is 0.531. The Morgan fingerprint density at radius 2 is 2.15 bits per heavy atom. The second-order valence-corrected chi connectivity index (χ2v) is 2.98. The Morgan fingerprint density at radius 1 is 1.46 bits per heavy atom. The molecule has 2 N–H and O–H groups in total. The van der Waals surface area contributed by atoms with E-state index in [9.17, 15) is 0 Å². The first kappa shape index (κ1) is 9.34. The van der Waals surface area contributed by atoms with Crippen molar-refractivity contribution in [3.05, 3.63) is 41.0 Å². The Hall–Kier alpha value is -1.75. The van der Waals surface area contributed by atoms with Crippen LogP contribution in [0.25, 0.3) is 5.70 Å². The third-order valence-electron chi connectivity index (χ3n) is 2.14. The minimum Gasteiger partial charge on any atom is -0.398 e. The molecule has 2 nitrogen and oxygen atoms in total. The molecule has 0 atom stereocenters. The van der Waals surface area contributed by atoms with Gasteiger partial charge in [-0.15, -0.1) is 0 Å². The molecule has 0 aliphatic rings. The van der Waals surface area contributed by atoms with Gasteiger partial charge in [0, 0.05) is 17.3 Å². The zero-order valence-corrected chi connectivity index (χ0v) is 7.83. The average Bonchev–Trinajstić information content (AvgIpc) is 2.10. The standard InChI is InChI=1S/C11H12N2/c1-8-4-3-5-10(9(8)2)11(13)6-7-12/h3-6H,13H2,1-2H3/b11-6-. The van der Waals surface area contributed by atoms with Crippen LogP contribution in [0.1, 0.15) is 16.7 Å². The lowest BCUT2D eigenvalue weighted by atomic mass is 10.0. The molecule has 66 valence electrons. The summed E-state index contributed by atoms with van der Waals surface area (Å²) in [4.78, 5) is 0. The van der Waals surface area contributed by atoms with E-state index in [1.807, 2.05) is 38.1 Å². The SMILES string of the molecule is Cc1cccc(/C(N)=C/C#N)c1C. The second kappa shape index (κ2) is 3.77. The topological polar surface area (TPSA) is 49.8 Å². The number of benzene rings is 1. The van der Waals surface area contributed by atoms with Crippen LogP contribution in [0.5, 0.6) is 0 Å². The summed E-state index contributed by atoms with van der Waals surface area (Å²) in [6.07, 6.45) is 1.36. The first-order valence-electron chi connectivity index (χ1n) is 4.08. The predicted molar refractivity (Wildman–Crippen MR) is 53.7 cm³/mol. The van der Waals surface area contributed by atoms with Crippen LogP contribution >= 0.6 is 0 Å². The number of hydrogen-bond donors (Lipinski definition) is 1. The maximum atomic E-state index is 8.45. The van der Waals surface area contributed by atoms with E-state index in [1.54, 1.807) is 0 Å². The van der Waals surface area contributed by atoms with E-state index in [4.69, 9.17) is 11.0 Å². The zero-order chi connectivity index (χ0) is 9.84.